The van der Waals surface area contributed by atoms with Crippen molar-refractivity contribution in [1.29, 1.82) is 0 Å². The van der Waals surface area contributed by atoms with Crippen molar-refractivity contribution in [2.45, 2.75) is 44.6 Å². The van der Waals surface area contributed by atoms with Gasteiger partial charge in [0.1, 0.15) is 17.2 Å². The van der Waals surface area contributed by atoms with Crippen molar-refractivity contribution in [1.82, 2.24) is 5.32 Å². The van der Waals surface area contributed by atoms with Crippen LogP contribution in [0.3, 0.4) is 0 Å². The largest absolute Gasteiger partial charge is 0.497 e. The Morgan fingerprint density at radius 1 is 1.08 bits per heavy atom. The second-order valence-corrected chi connectivity index (χ2v) is 9.98. The van der Waals surface area contributed by atoms with E-state index < -0.39 is 41.7 Å². The number of esters is 1. The molecule has 3 atom stereocenters. The van der Waals surface area contributed by atoms with Crippen LogP contribution < -0.4 is 19.5 Å². The van der Waals surface area contributed by atoms with Crippen molar-refractivity contribution in [3.8, 4) is 17.2 Å². The molecular weight excluding hydrogens is 550 g/mol. The topological polar surface area (TPSA) is 119 Å². The number of hydrogen-bond donors (Lipinski definition) is 1. The van der Waals surface area contributed by atoms with E-state index in [9.17, 15) is 14.4 Å². The van der Waals surface area contributed by atoms with Crippen molar-refractivity contribution in [3.05, 3.63) is 52.0 Å². The molecule has 0 saturated heterocycles. The predicted octanol–water partition coefficient (Wildman–Crippen LogP) is 4.23. The molecule has 200 valence electrons. The Labute approximate surface area is 223 Å². The molecule has 1 aliphatic heterocycles. The second kappa shape index (κ2) is 11.8. The molecule has 0 saturated carbocycles. The maximum Gasteiger partial charge on any atom is 0.408 e. The monoisotopic (exact) mass is 579 g/mol. The highest BCUT2D eigenvalue weighted by Gasteiger charge is 2.42. The van der Waals surface area contributed by atoms with E-state index in [1.165, 1.54) is 27.4 Å². The van der Waals surface area contributed by atoms with Gasteiger partial charge in [0.2, 0.25) is 11.9 Å². The fraction of sp³-hybridized carbons (Fsp3) is 0.423. The Hall–Kier alpha value is -3.31. The van der Waals surface area contributed by atoms with Crippen LogP contribution in [0.5, 0.6) is 17.2 Å². The maximum atomic E-state index is 13.6. The lowest BCUT2D eigenvalue weighted by molar-refractivity contribution is -0.146. The Bertz CT molecular complexity index is 1160. The zero-order valence-corrected chi connectivity index (χ0v) is 23.0. The highest BCUT2D eigenvalue weighted by atomic mass is 79.9. The molecular formula is C26H30BrNO9. The molecule has 1 heterocycles. The molecule has 3 rings (SSSR count). The first kappa shape index (κ1) is 28.3. The highest BCUT2D eigenvalue weighted by molar-refractivity contribution is 9.10. The molecule has 37 heavy (non-hydrogen) atoms. The summed E-state index contributed by atoms with van der Waals surface area (Å²) in [5.41, 5.74) is 0.183. The number of carbonyl (C=O) groups excluding carboxylic acids is 3. The Kier molecular flexibility index (Phi) is 9.03. The first-order valence-electron chi connectivity index (χ1n) is 11.4. The number of ether oxygens (including phenoxy) is 6. The Morgan fingerprint density at radius 3 is 2.41 bits per heavy atom. The maximum absolute atomic E-state index is 13.6. The van der Waals surface area contributed by atoms with Crippen LogP contribution in [0.1, 0.15) is 42.8 Å². The van der Waals surface area contributed by atoms with Crippen molar-refractivity contribution < 1.29 is 42.8 Å². The summed E-state index contributed by atoms with van der Waals surface area (Å²) in [6, 6.07) is 8.76. The first-order valence-corrected chi connectivity index (χ1v) is 12.2. The van der Waals surface area contributed by atoms with Crippen LogP contribution in [0, 0.1) is 0 Å². The number of hydrogen-bond acceptors (Lipinski definition) is 9. The van der Waals surface area contributed by atoms with E-state index in [1.807, 2.05) is 0 Å². The molecule has 0 aliphatic carbocycles. The summed E-state index contributed by atoms with van der Waals surface area (Å²) in [4.78, 5) is 38.7. The summed E-state index contributed by atoms with van der Waals surface area (Å²) < 4.78 is 33.3. The number of alkyl carbamates (subject to hydrolysis) is 1. The van der Waals surface area contributed by atoms with Crippen LogP contribution >= 0.6 is 15.9 Å². The summed E-state index contributed by atoms with van der Waals surface area (Å²) in [5, 5.41) is 2.43. The molecule has 0 spiro atoms. The number of halogens is 1. The molecule has 0 fully saturated rings. The Balaban J connectivity index is 1.92. The van der Waals surface area contributed by atoms with Crippen LogP contribution in [0.15, 0.2) is 40.9 Å². The van der Waals surface area contributed by atoms with E-state index in [4.69, 9.17) is 28.4 Å². The molecule has 0 aromatic heterocycles. The van der Waals surface area contributed by atoms with E-state index >= 15 is 0 Å². The van der Waals surface area contributed by atoms with E-state index in [0.29, 0.717) is 27.3 Å². The molecule has 1 unspecified atom stereocenters. The third-order valence-electron chi connectivity index (χ3n) is 5.44. The lowest BCUT2D eigenvalue weighted by Gasteiger charge is -2.33. The number of rotatable bonds is 8. The third-order valence-corrected chi connectivity index (χ3v) is 6.06. The second-order valence-electron chi connectivity index (χ2n) is 9.13. The minimum Gasteiger partial charge on any atom is -0.497 e. The van der Waals surface area contributed by atoms with Crippen LogP contribution in [-0.2, 0) is 19.0 Å². The van der Waals surface area contributed by atoms with Crippen LogP contribution in [0.25, 0.3) is 0 Å². The minimum atomic E-state index is -1.37. The van der Waals surface area contributed by atoms with Gasteiger partial charge in [-0.3, -0.25) is 4.79 Å². The van der Waals surface area contributed by atoms with E-state index in [0.717, 1.165) is 0 Å². The summed E-state index contributed by atoms with van der Waals surface area (Å²) in [7, 11) is 4.20. The van der Waals surface area contributed by atoms with Gasteiger partial charge < -0.3 is 33.7 Å². The quantitative estimate of drug-likeness (QED) is 0.458. The lowest BCUT2D eigenvalue weighted by Crippen LogP contribution is -2.49. The molecule has 2 aromatic carbocycles. The number of methoxy groups -OCH3 is 3. The fourth-order valence-corrected chi connectivity index (χ4v) is 4.13. The van der Waals surface area contributed by atoms with Crippen LogP contribution in [0.4, 0.5) is 4.79 Å². The van der Waals surface area contributed by atoms with Crippen LogP contribution in [-0.4, -0.2) is 63.5 Å². The molecule has 1 N–H and O–H groups in total. The zero-order chi connectivity index (χ0) is 27.3. The standard InChI is InChI=1S/C26H30BrNO9/c1-26(2,3)35-13-18(24(30)34-6)28-25(31)37-23-21(29)16-12-15(32-4)8-10-19(16)36-22(23)14-7-9-20(33-5)17(27)11-14/h7-12,18,22-23H,13H2,1-6H3,(H,28,31)/t18-,22-,23?/m0/s1. The van der Waals surface area contributed by atoms with Gasteiger partial charge in [-0.05, 0) is 72.6 Å². The number of nitrogens with one attached hydrogen (secondary N) is 1. The van der Waals surface area contributed by atoms with Crippen LogP contribution in [0.2, 0.25) is 0 Å². The van der Waals surface area contributed by atoms with Crippen molar-refractivity contribution in [3.63, 3.8) is 0 Å². The number of Topliss-reactive ketones (excluding diaryl/α,β-unsaturated/α-hetero) is 1. The minimum absolute atomic E-state index is 0.157. The van der Waals surface area contributed by atoms with E-state index in [2.05, 4.69) is 21.2 Å². The average Bonchev–Trinajstić information content (AvgIpc) is 2.86. The zero-order valence-electron chi connectivity index (χ0n) is 21.5. The van der Waals surface area contributed by atoms with Crippen molar-refractivity contribution >= 4 is 33.8 Å². The number of benzene rings is 2. The molecule has 1 amide bonds. The van der Waals surface area contributed by atoms with Gasteiger partial charge >= 0.3 is 12.1 Å². The van der Waals surface area contributed by atoms with E-state index in [1.54, 1.807) is 51.1 Å². The van der Waals surface area contributed by atoms with Gasteiger partial charge in [-0.15, -0.1) is 0 Å². The van der Waals surface area contributed by atoms with Crippen molar-refractivity contribution in [2.75, 3.05) is 27.9 Å². The van der Waals surface area contributed by atoms with Gasteiger partial charge in [0.25, 0.3) is 0 Å². The normalized spacial score (nSPS) is 17.6. The SMILES string of the molecule is COC(=O)[C@H](COC(C)(C)C)NC(=O)OC1C(=O)c2cc(OC)ccc2O[C@H]1c1ccc(OC)c(Br)c1. The Morgan fingerprint density at radius 2 is 1.81 bits per heavy atom. The van der Waals surface area contributed by atoms with Gasteiger partial charge in [-0.2, -0.15) is 0 Å². The summed E-state index contributed by atoms with van der Waals surface area (Å²) in [6.07, 6.45) is -3.37. The molecule has 0 bridgehead atoms. The molecule has 11 heteroatoms. The fourth-order valence-electron chi connectivity index (χ4n) is 3.57. The van der Waals surface area contributed by atoms with Gasteiger partial charge in [0.15, 0.2) is 12.1 Å². The van der Waals surface area contributed by atoms with Gasteiger partial charge in [-0.25, -0.2) is 9.59 Å². The number of ketones is 1. The summed E-state index contributed by atoms with van der Waals surface area (Å²) >= 11 is 3.43. The van der Waals surface area contributed by atoms with E-state index in [-0.39, 0.29) is 12.2 Å². The average molecular weight is 580 g/mol. The highest BCUT2D eigenvalue weighted by Crippen LogP contribution is 2.40. The van der Waals surface area contributed by atoms with Gasteiger partial charge in [0, 0.05) is 0 Å². The number of amides is 1. The third kappa shape index (κ3) is 6.92. The lowest BCUT2D eigenvalue weighted by atomic mass is 9.93. The molecule has 1 aliphatic rings. The molecule has 2 aromatic rings. The predicted molar refractivity (Wildman–Crippen MR) is 136 cm³/mol. The summed E-state index contributed by atoms with van der Waals surface area (Å²) in [6.45, 7) is 5.26. The van der Waals surface area contributed by atoms with Gasteiger partial charge in [-0.1, -0.05) is 6.07 Å². The summed E-state index contributed by atoms with van der Waals surface area (Å²) in [5.74, 6) is 0.112. The van der Waals surface area contributed by atoms with Gasteiger partial charge in [0.05, 0.1) is 43.6 Å². The first-order chi connectivity index (χ1) is 17.5. The molecule has 10 nitrogen and oxygen atoms in total. The number of fused-ring (bicyclic) bond motifs is 1. The smallest absolute Gasteiger partial charge is 0.408 e. The molecule has 0 radical (unpaired) electrons. The van der Waals surface area contributed by atoms with Crippen molar-refractivity contribution in [2.24, 2.45) is 0 Å². The number of carbonyl (C=O) groups is 3.